The Morgan fingerprint density at radius 2 is 1.65 bits per heavy atom. The molecular weight excluding hydrogens is 320 g/mol. The Hall–Kier alpha value is -2.64. The molecule has 23 heavy (non-hydrogen) atoms. The molecule has 0 aliphatic rings. The van der Waals surface area contributed by atoms with Crippen LogP contribution in [0.2, 0.25) is 0 Å². The van der Waals surface area contributed by atoms with Gasteiger partial charge in [-0.1, -0.05) is 18.2 Å². The lowest BCUT2D eigenvalue weighted by Gasteiger charge is -1.97. The van der Waals surface area contributed by atoms with Crippen molar-refractivity contribution < 1.29 is 22.5 Å². The molecule has 0 fully saturated rings. The largest absolute Gasteiger partial charge is 0.508 e. The van der Waals surface area contributed by atoms with Crippen LogP contribution >= 0.6 is 0 Å². The van der Waals surface area contributed by atoms with Crippen LogP contribution in [-0.2, 0) is 10.1 Å². The first-order chi connectivity index (χ1) is 10.8. The molecule has 120 valence electrons. The van der Waals surface area contributed by atoms with E-state index < -0.39 is 10.1 Å². The van der Waals surface area contributed by atoms with Gasteiger partial charge in [-0.15, -0.1) is 0 Å². The van der Waals surface area contributed by atoms with Crippen LogP contribution in [0.1, 0.15) is 5.56 Å². The number of benzene rings is 2. The van der Waals surface area contributed by atoms with Crippen LogP contribution in [0.4, 0.5) is 0 Å². The third-order valence-corrected chi connectivity index (χ3v) is 3.80. The molecule has 3 rings (SSSR count). The van der Waals surface area contributed by atoms with Crippen LogP contribution in [0.3, 0.4) is 0 Å². The van der Waals surface area contributed by atoms with Crippen molar-refractivity contribution in [3.05, 3.63) is 70.6 Å². The summed E-state index contributed by atoms with van der Waals surface area (Å²) in [7, 11) is -4.00. The zero-order valence-electron chi connectivity index (χ0n) is 12.1. The lowest BCUT2D eigenvalue weighted by atomic mass is 10.2. The first-order valence-corrected chi connectivity index (χ1v) is 7.97. The van der Waals surface area contributed by atoms with E-state index in [-0.39, 0.29) is 16.3 Å². The number of hydrogen-bond acceptors (Lipinski definition) is 5. The summed E-state index contributed by atoms with van der Waals surface area (Å²) in [5, 5.41) is 9.94. The van der Waals surface area contributed by atoms with E-state index in [0.29, 0.717) is 11.1 Å². The molecule has 0 saturated heterocycles. The van der Waals surface area contributed by atoms with E-state index in [1.807, 2.05) is 0 Å². The summed E-state index contributed by atoms with van der Waals surface area (Å²) >= 11 is 0. The molecule has 7 heteroatoms. The Balaban J connectivity index is 0.000000174. The molecule has 0 unspecified atom stereocenters. The molecule has 0 radical (unpaired) electrons. The molecule has 1 heterocycles. The molecule has 0 aliphatic carbocycles. The number of fused-ring (bicyclic) bond motifs is 1. The van der Waals surface area contributed by atoms with Gasteiger partial charge in [0.1, 0.15) is 11.3 Å². The minimum atomic E-state index is -4.00. The molecule has 1 aromatic heterocycles. The Bertz CT molecular complexity index is 974. The van der Waals surface area contributed by atoms with Crippen molar-refractivity contribution in [2.45, 2.75) is 11.8 Å². The van der Waals surface area contributed by atoms with Gasteiger partial charge in [-0.25, -0.2) is 4.79 Å². The van der Waals surface area contributed by atoms with Gasteiger partial charge in [0, 0.05) is 17.0 Å². The maximum Gasteiger partial charge on any atom is 0.339 e. The lowest BCUT2D eigenvalue weighted by Crippen LogP contribution is -2.01. The molecule has 0 spiro atoms. The van der Waals surface area contributed by atoms with Gasteiger partial charge in [-0.2, -0.15) is 8.42 Å². The minimum Gasteiger partial charge on any atom is -0.508 e. The highest BCUT2D eigenvalue weighted by molar-refractivity contribution is 7.85. The SMILES string of the molecule is Cc1cc2ccc(O)cc2oc1=O.O=S(=O)(O)c1ccccc1. The fourth-order valence-corrected chi connectivity index (χ4v) is 2.30. The molecule has 2 aromatic carbocycles. The monoisotopic (exact) mass is 334 g/mol. The number of aromatic hydroxyl groups is 1. The van der Waals surface area contributed by atoms with Gasteiger partial charge in [0.25, 0.3) is 10.1 Å². The number of phenolic OH excluding ortho intramolecular Hbond substituents is 1. The van der Waals surface area contributed by atoms with Gasteiger partial charge < -0.3 is 9.52 Å². The second-order valence-corrected chi connectivity index (χ2v) is 6.15. The second kappa shape index (κ2) is 6.64. The average molecular weight is 334 g/mol. The Labute approximate surface area is 132 Å². The van der Waals surface area contributed by atoms with E-state index in [9.17, 15) is 13.2 Å². The van der Waals surface area contributed by atoms with Crippen LogP contribution in [-0.4, -0.2) is 18.1 Å². The van der Waals surface area contributed by atoms with Crippen LogP contribution in [0.15, 0.2) is 68.7 Å². The van der Waals surface area contributed by atoms with E-state index in [0.717, 1.165) is 5.39 Å². The topological polar surface area (TPSA) is 105 Å². The third-order valence-electron chi connectivity index (χ3n) is 2.93. The van der Waals surface area contributed by atoms with Crippen molar-refractivity contribution in [3.63, 3.8) is 0 Å². The molecule has 3 aromatic rings. The molecule has 6 nitrogen and oxygen atoms in total. The molecule has 0 saturated carbocycles. The first-order valence-electron chi connectivity index (χ1n) is 6.53. The van der Waals surface area contributed by atoms with Crippen LogP contribution in [0, 0.1) is 6.92 Å². The summed E-state index contributed by atoms with van der Waals surface area (Å²) in [6, 6.07) is 13.9. The van der Waals surface area contributed by atoms with Crippen molar-refractivity contribution in [1.82, 2.24) is 0 Å². The normalized spacial score (nSPS) is 10.9. The highest BCUT2D eigenvalue weighted by Gasteiger charge is 2.05. The highest BCUT2D eigenvalue weighted by Crippen LogP contribution is 2.18. The predicted octanol–water partition coefficient (Wildman–Crippen LogP) is 2.74. The number of hydrogen-bond donors (Lipinski definition) is 2. The van der Waals surface area contributed by atoms with Crippen molar-refractivity contribution in [3.8, 4) is 5.75 Å². The predicted molar refractivity (Wildman–Crippen MR) is 85.1 cm³/mol. The van der Waals surface area contributed by atoms with Crippen LogP contribution in [0.5, 0.6) is 5.75 Å². The van der Waals surface area contributed by atoms with E-state index >= 15 is 0 Å². The summed E-state index contributed by atoms with van der Waals surface area (Å²) in [5.41, 5.74) is 0.617. The molecule has 0 aliphatic heterocycles. The van der Waals surface area contributed by atoms with Crippen molar-refractivity contribution in [2.75, 3.05) is 0 Å². The Morgan fingerprint density at radius 1 is 1.00 bits per heavy atom. The van der Waals surface area contributed by atoms with Gasteiger partial charge in [-0.05, 0) is 37.3 Å². The fourth-order valence-electron chi connectivity index (χ4n) is 1.80. The van der Waals surface area contributed by atoms with Crippen molar-refractivity contribution >= 4 is 21.1 Å². The number of aryl methyl sites for hydroxylation is 1. The first kappa shape index (κ1) is 16.7. The van der Waals surface area contributed by atoms with Gasteiger partial charge in [-0.3, -0.25) is 4.55 Å². The Morgan fingerprint density at radius 3 is 2.22 bits per heavy atom. The molecule has 0 amide bonds. The van der Waals surface area contributed by atoms with E-state index in [1.54, 1.807) is 43.3 Å². The molecule has 0 bridgehead atoms. The molecular formula is C16H14O6S. The maximum absolute atomic E-state index is 11.1. The van der Waals surface area contributed by atoms with Gasteiger partial charge in [0.2, 0.25) is 0 Å². The fraction of sp³-hybridized carbons (Fsp3) is 0.0625. The summed E-state index contributed by atoms with van der Waals surface area (Å²) in [6.07, 6.45) is 0. The lowest BCUT2D eigenvalue weighted by molar-refractivity contribution is 0.472. The third kappa shape index (κ3) is 4.41. The van der Waals surface area contributed by atoms with Gasteiger partial charge in [0.15, 0.2) is 0 Å². The molecule has 0 atom stereocenters. The average Bonchev–Trinajstić information content (AvgIpc) is 2.50. The summed E-state index contributed by atoms with van der Waals surface area (Å²) in [4.78, 5) is 11.0. The quantitative estimate of drug-likeness (QED) is 0.524. The summed E-state index contributed by atoms with van der Waals surface area (Å²) in [6.45, 7) is 1.69. The van der Waals surface area contributed by atoms with Crippen LogP contribution in [0.25, 0.3) is 11.0 Å². The maximum atomic E-state index is 11.1. The number of phenols is 1. The van der Waals surface area contributed by atoms with E-state index in [4.69, 9.17) is 14.1 Å². The standard InChI is InChI=1S/C10H8O3.C6H6O3S/c1-6-4-7-2-3-8(11)5-9(7)13-10(6)12;7-10(8,9)6-4-2-1-3-5-6/h2-5,11H,1H3;1-5H,(H,7,8,9). The van der Waals surface area contributed by atoms with Crippen LogP contribution < -0.4 is 5.63 Å². The highest BCUT2D eigenvalue weighted by atomic mass is 32.2. The van der Waals surface area contributed by atoms with Crippen molar-refractivity contribution in [1.29, 1.82) is 0 Å². The zero-order chi connectivity index (χ0) is 17.0. The van der Waals surface area contributed by atoms with E-state index in [1.165, 1.54) is 18.2 Å². The molecule has 2 N–H and O–H groups in total. The summed E-state index contributed by atoms with van der Waals surface area (Å²) in [5.74, 6) is 0.0968. The number of rotatable bonds is 1. The van der Waals surface area contributed by atoms with Gasteiger partial charge >= 0.3 is 5.63 Å². The zero-order valence-corrected chi connectivity index (χ0v) is 12.9. The minimum absolute atomic E-state index is 0.0741. The smallest absolute Gasteiger partial charge is 0.339 e. The summed E-state index contributed by atoms with van der Waals surface area (Å²) < 4.78 is 34.2. The van der Waals surface area contributed by atoms with E-state index in [2.05, 4.69) is 0 Å². The van der Waals surface area contributed by atoms with Crippen molar-refractivity contribution in [2.24, 2.45) is 0 Å². The second-order valence-electron chi connectivity index (χ2n) is 4.73. The van der Waals surface area contributed by atoms with Gasteiger partial charge in [0.05, 0.1) is 4.90 Å². The Kier molecular flexibility index (Phi) is 4.83.